The van der Waals surface area contributed by atoms with Gasteiger partial charge in [-0.25, -0.2) is 0 Å². The summed E-state index contributed by atoms with van der Waals surface area (Å²) in [6, 6.07) is 10.9. The molecule has 0 aliphatic heterocycles. The van der Waals surface area contributed by atoms with Crippen molar-refractivity contribution in [1.29, 1.82) is 0 Å². The minimum absolute atomic E-state index is 0. The maximum atomic E-state index is 5.51. The lowest BCUT2D eigenvalue weighted by Crippen LogP contribution is -1.97. The molecule has 156 valence electrons. The third kappa shape index (κ3) is 18.3. The Hall–Kier alpha value is -0.790. The Labute approximate surface area is 175 Å². The van der Waals surface area contributed by atoms with Crippen LogP contribution in [0.25, 0.3) is 0 Å². The van der Waals surface area contributed by atoms with Crippen molar-refractivity contribution in [1.82, 2.24) is 0 Å². The summed E-state index contributed by atoms with van der Waals surface area (Å²) >= 11 is 0. The Bertz CT molecular complexity index is 416. The zero-order chi connectivity index (χ0) is 18.5. The first-order chi connectivity index (χ1) is 12.9. The minimum Gasteiger partial charge on any atom is -0.330 e. The first-order valence-electron chi connectivity index (χ1n) is 11.3. The molecule has 2 N–H and O–H groups in total. The Morgan fingerprint density at radius 1 is 0.556 bits per heavy atom. The second kappa shape index (κ2) is 21.5. The van der Waals surface area contributed by atoms with Gasteiger partial charge in [-0.15, -0.1) is 12.4 Å². The summed E-state index contributed by atoms with van der Waals surface area (Å²) in [6.07, 6.45) is 26.4. The highest BCUT2D eigenvalue weighted by Crippen LogP contribution is 2.12. The van der Waals surface area contributed by atoms with E-state index in [9.17, 15) is 0 Å². The molecule has 1 nitrogen and oxygen atoms in total. The van der Waals surface area contributed by atoms with Crippen molar-refractivity contribution >= 4 is 12.4 Å². The van der Waals surface area contributed by atoms with E-state index >= 15 is 0 Å². The number of rotatable bonds is 18. The van der Waals surface area contributed by atoms with Crippen molar-refractivity contribution in [3.05, 3.63) is 48.0 Å². The average Bonchev–Trinajstić information content (AvgIpc) is 2.68. The second-order valence-corrected chi connectivity index (χ2v) is 7.67. The van der Waals surface area contributed by atoms with Gasteiger partial charge in [0, 0.05) is 0 Å². The molecule has 27 heavy (non-hydrogen) atoms. The van der Waals surface area contributed by atoms with Crippen molar-refractivity contribution < 1.29 is 0 Å². The fourth-order valence-corrected chi connectivity index (χ4v) is 3.47. The highest BCUT2D eigenvalue weighted by molar-refractivity contribution is 5.85. The molecule has 2 heteroatoms. The molecule has 0 saturated carbocycles. The highest BCUT2D eigenvalue weighted by Gasteiger charge is 1.94. The number of nitrogens with two attached hydrogens (primary N) is 1. The first-order valence-corrected chi connectivity index (χ1v) is 11.3. The van der Waals surface area contributed by atoms with Gasteiger partial charge in [0.1, 0.15) is 0 Å². The highest BCUT2D eigenvalue weighted by atomic mass is 35.5. The van der Waals surface area contributed by atoms with E-state index in [1.54, 1.807) is 0 Å². The van der Waals surface area contributed by atoms with Crippen molar-refractivity contribution in [3.8, 4) is 0 Å². The van der Waals surface area contributed by atoms with E-state index in [2.05, 4.69) is 42.5 Å². The largest absolute Gasteiger partial charge is 0.330 e. The predicted molar refractivity (Wildman–Crippen MR) is 125 cm³/mol. The monoisotopic (exact) mass is 393 g/mol. The number of aryl methyl sites for hydroxylation is 1. The van der Waals surface area contributed by atoms with Crippen LogP contribution in [-0.2, 0) is 6.42 Å². The first kappa shape index (κ1) is 26.2. The van der Waals surface area contributed by atoms with Gasteiger partial charge in [0.15, 0.2) is 0 Å². The van der Waals surface area contributed by atoms with E-state index in [4.69, 9.17) is 5.73 Å². The Morgan fingerprint density at radius 3 is 1.52 bits per heavy atom. The summed E-state index contributed by atoms with van der Waals surface area (Å²) < 4.78 is 0. The van der Waals surface area contributed by atoms with Gasteiger partial charge >= 0.3 is 0 Å². The van der Waals surface area contributed by atoms with Crippen LogP contribution in [0.2, 0.25) is 0 Å². The van der Waals surface area contributed by atoms with Crippen molar-refractivity contribution in [2.24, 2.45) is 5.73 Å². The van der Waals surface area contributed by atoms with E-state index in [1.807, 2.05) is 0 Å². The summed E-state index contributed by atoms with van der Waals surface area (Å²) in [5.41, 5.74) is 7.00. The number of benzene rings is 1. The van der Waals surface area contributed by atoms with Crippen LogP contribution in [-0.4, -0.2) is 6.54 Å². The van der Waals surface area contributed by atoms with Crippen LogP contribution in [0.1, 0.15) is 102 Å². The van der Waals surface area contributed by atoms with E-state index in [0.717, 1.165) is 6.54 Å². The van der Waals surface area contributed by atoms with Crippen LogP contribution in [0.4, 0.5) is 0 Å². The normalized spacial score (nSPS) is 11.0. The molecule has 0 bridgehead atoms. The Balaban J connectivity index is 0.00000676. The predicted octanol–water partition coefficient (Wildman–Crippen LogP) is 8.02. The van der Waals surface area contributed by atoms with Gasteiger partial charge in [0.05, 0.1) is 0 Å². The second-order valence-electron chi connectivity index (χ2n) is 7.67. The molecule has 0 saturated heterocycles. The summed E-state index contributed by atoms with van der Waals surface area (Å²) in [5, 5.41) is 0. The molecule has 0 unspecified atom stereocenters. The summed E-state index contributed by atoms with van der Waals surface area (Å²) in [6.45, 7) is 0.858. The SMILES string of the molecule is Cl.NCCCCCCCC/C=C\CCCCCCCCCc1ccccc1. The van der Waals surface area contributed by atoms with Crippen molar-refractivity contribution in [2.45, 2.75) is 103 Å². The molecule has 0 fully saturated rings. The van der Waals surface area contributed by atoms with Gasteiger partial charge in [-0.1, -0.05) is 100 Å². The molecule has 0 spiro atoms. The molecule has 1 aromatic rings. The molecule has 0 heterocycles. The summed E-state index contributed by atoms with van der Waals surface area (Å²) in [7, 11) is 0. The van der Waals surface area contributed by atoms with Crippen molar-refractivity contribution in [2.75, 3.05) is 6.54 Å². The molecule has 1 rings (SSSR count). The quantitative estimate of drug-likeness (QED) is 0.198. The maximum absolute atomic E-state index is 5.51. The minimum atomic E-state index is 0. The molecule has 0 aliphatic carbocycles. The smallest absolute Gasteiger partial charge is 0.00773 e. The van der Waals surface area contributed by atoms with E-state index in [1.165, 1.54) is 108 Å². The van der Waals surface area contributed by atoms with Gasteiger partial charge in [0.2, 0.25) is 0 Å². The molecule has 0 atom stereocenters. The zero-order valence-electron chi connectivity index (χ0n) is 17.5. The zero-order valence-corrected chi connectivity index (χ0v) is 18.4. The van der Waals surface area contributed by atoms with Crippen LogP contribution in [0, 0.1) is 0 Å². The molecule has 1 aromatic carbocycles. The Kier molecular flexibility index (Phi) is 20.9. The van der Waals surface area contributed by atoms with Crippen LogP contribution in [0.5, 0.6) is 0 Å². The van der Waals surface area contributed by atoms with Crippen LogP contribution in [0.15, 0.2) is 42.5 Å². The van der Waals surface area contributed by atoms with Crippen LogP contribution >= 0.6 is 12.4 Å². The standard InChI is InChI=1S/C25H43N.ClH/c26-24-20-15-13-11-9-7-5-3-1-2-4-6-8-10-12-14-17-21-25-22-18-16-19-23-25;/h1,3,16,18-19,22-23H,2,4-15,17,20-21,24,26H2;1H/b3-1-;. The van der Waals surface area contributed by atoms with Crippen LogP contribution in [0.3, 0.4) is 0 Å². The number of allylic oxidation sites excluding steroid dienone is 2. The van der Waals surface area contributed by atoms with Crippen LogP contribution < -0.4 is 5.73 Å². The lowest BCUT2D eigenvalue weighted by Gasteiger charge is -2.02. The van der Waals surface area contributed by atoms with Gasteiger partial charge in [-0.05, 0) is 57.1 Å². The third-order valence-corrected chi connectivity index (χ3v) is 5.17. The van der Waals surface area contributed by atoms with Gasteiger partial charge in [-0.3, -0.25) is 0 Å². The molecule has 0 aromatic heterocycles. The number of unbranched alkanes of at least 4 members (excludes halogenated alkanes) is 13. The summed E-state index contributed by atoms with van der Waals surface area (Å²) in [5.74, 6) is 0. The van der Waals surface area contributed by atoms with Gasteiger partial charge in [-0.2, -0.15) is 0 Å². The fraction of sp³-hybridized carbons (Fsp3) is 0.680. The summed E-state index contributed by atoms with van der Waals surface area (Å²) in [4.78, 5) is 0. The van der Waals surface area contributed by atoms with Gasteiger partial charge < -0.3 is 5.73 Å². The van der Waals surface area contributed by atoms with E-state index in [-0.39, 0.29) is 12.4 Å². The number of hydrogen-bond donors (Lipinski definition) is 1. The lowest BCUT2D eigenvalue weighted by molar-refractivity contribution is 0.580. The topological polar surface area (TPSA) is 26.0 Å². The van der Waals surface area contributed by atoms with E-state index < -0.39 is 0 Å². The third-order valence-electron chi connectivity index (χ3n) is 5.17. The Morgan fingerprint density at radius 2 is 1.00 bits per heavy atom. The number of hydrogen-bond acceptors (Lipinski definition) is 1. The maximum Gasteiger partial charge on any atom is -0.00773 e. The molecule has 0 radical (unpaired) electrons. The average molecular weight is 394 g/mol. The van der Waals surface area contributed by atoms with Crippen molar-refractivity contribution in [3.63, 3.8) is 0 Å². The number of halogens is 1. The van der Waals surface area contributed by atoms with E-state index in [0.29, 0.717) is 0 Å². The molecule has 0 aliphatic rings. The molecule has 0 amide bonds. The molecular formula is C25H44ClN. The van der Waals surface area contributed by atoms with Gasteiger partial charge in [0.25, 0.3) is 0 Å². The molecular weight excluding hydrogens is 350 g/mol. The fourth-order valence-electron chi connectivity index (χ4n) is 3.47. The lowest BCUT2D eigenvalue weighted by atomic mass is 10.0.